The first-order valence-electron chi connectivity index (χ1n) is 2.82. The zero-order valence-corrected chi connectivity index (χ0v) is 7.39. The first kappa shape index (κ1) is 11.1. The molecule has 12 heavy (non-hydrogen) atoms. The van der Waals surface area contributed by atoms with Gasteiger partial charge in [0.2, 0.25) is 0 Å². The zero-order valence-electron chi connectivity index (χ0n) is 5.82. The lowest BCUT2D eigenvalue weighted by atomic mass is 10.2. The molecule has 1 rings (SSSR count). The van der Waals surface area contributed by atoms with Crippen molar-refractivity contribution in [3.63, 3.8) is 0 Å². The fraction of sp³-hybridized carbons (Fsp3) is 0. The Bertz CT molecular complexity index is 299. The van der Waals surface area contributed by atoms with E-state index in [2.05, 4.69) is 0 Å². The summed E-state index contributed by atoms with van der Waals surface area (Å²) in [6, 6.07) is 2.52. The average molecular weight is 209 g/mol. The Balaban J connectivity index is 0.00000121. The first-order valence-corrected chi connectivity index (χ1v) is 3.20. The first-order chi connectivity index (χ1) is 5.16. The van der Waals surface area contributed by atoms with Crippen molar-refractivity contribution in [3.05, 3.63) is 22.7 Å². The monoisotopic (exact) mass is 208 g/mol. The summed E-state index contributed by atoms with van der Waals surface area (Å²) in [4.78, 5) is 10.2. The number of benzene rings is 1. The minimum Gasteiger partial charge on any atom is -0.504 e. The molecule has 5 heteroatoms. The highest BCUT2D eigenvalue weighted by Crippen LogP contribution is 2.34. The van der Waals surface area contributed by atoms with Crippen molar-refractivity contribution in [2.24, 2.45) is 0 Å². The second-order valence-electron chi connectivity index (χ2n) is 1.95. The Labute approximate surface area is 80.0 Å². The molecule has 0 amide bonds. The fourth-order valence-corrected chi connectivity index (χ4v) is 0.865. The smallest absolute Gasteiger partial charge is 0.177 e. The van der Waals surface area contributed by atoms with Crippen LogP contribution in [0.15, 0.2) is 12.1 Å². The SMILES string of the molecule is Cl.O=Cc1ccc(O)c(O)c1Cl. The molecule has 0 saturated carbocycles. The number of phenolic OH excluding ortho intramolecular Hbond substituents is 2. The molecular weight excluding hydrogens is 203 g/mol. The molecule has 1 aromatic carbocycles. The lowest BCUT2D eigenvalue weighted by Crippen LogP contribution is -1.81. The van der Waals surface area contributed by atoms with Gasteiger partial charge in [-0.1, -0.05) is 11.6 Å². The van der Waals surface area contributed by atoms with Crippen LogP contribution in [0.25, 0.3) is 0 Å². The number of aldehydes is 1. The predicted octanol–water partition coefficient (Wildman–Crippen LogP) is 1.99. The molecule has 0 aliphatic carbocycles. The van der Waals surface area contributed by atoms with Crippen LogP contribution in [0, 0.1) is 0 Å². The van der Waals surface area contributed by atoms with Crippen LogP contribution in [0.3, 0.4) is 0 Å². The molecule has 0 bridgehead atoms. The predicted molar refractivity (Wildman–Crippen MR) is 47.4 cm³/mol. The van der Waals surface area contributed by atoms with Gasteiger partial charge >= 0.3 is 0 Å². The summed E-state index contributed by atoms with van der Waals surface area (Å²) < 4.78 is 0. The standard InChI is InChI=1S/C7H5ClO3.ClH/c8-6-4(3-9)1-2-5(10)7(6)11;/h1-3,10-11H;1H. The molecule has 0 aromatic heterocycles. The highest BCUT2D eigenvalue weighted by molar-refractivity contribution is 6.34. The maximum absolute atomic E-state index is 10.2. The van der Waals surface area contributed by atoms with E-state index in [0.717, 1.165) is 0 Å². The summed E-state index contributed by atoms with van der Waals surface area (Å²) in [7, 11) is 0. The molecule has 0 aliphatic rings. The number of carbonyl (C=O) groups is 1. The lowest BCUT2D eigenvalue weighted by molar-refractivity contribution is 0.112. The number of hydrogen-bond donors (Lipinski definition) is 2. The summed E-state index contributed by atoms with van der Waals surface area (Å²) >= 11 is 5.46. The van der Waals surface area contributed by atoms with E-state index in [-0.39, 0.29) is 28.7 Å². The van der Waals surface area contributed by atoms with Gasteiger partial charge in [-0.3, -0.25) is 4.79 Å². The molecule has 3 nitrogen and oxygen atoms in total. The van der Waals surface area contributed by atoms with Gasteiger partial charge in [-0.2, -0.15) is 0 Å². The van der Waals surface area contributed by atoms with Crippen LogP contribution in [-0.2, 0) is 0 Å². The van der Waals surface area contributed by atoms with E-state index in [9.17, 15) is 4.79 Å². The maximum Gasteiger partial charge on any atom is 0.177 e. The summed E-state index contributed by atoms with van der Waals surface area (Å²) in [6.07, 6.45) is 0.501. The second kappa shape index (κ2) is 4.18. The van der Waals surface area contributed by atoms with E-state index >= 15 is 0 Å². The Morgan fingerprint density at radius 2 is 1.92 bits per heavy atom. The molecular formula is C7H6Cl2O3. The van der Waals surface area contributed by atoms with Crippen molar-refractivity contribution in [2.75, 3.05) is 0 Å². The van der Waals surface area contributed by atoms with Gasteiger partial charge in [0.1, 0.15) is 0 Å². The fourth-order valence-electron chi connectivity index (χ4n) is 0.661. The van der Waals surface area contributed by atoms with Crippen LogP contribution in [0.1, 0.15) is 10.4 Å². The van der Waals surface area contributed by atoms with E-state index in [1.807, 2.05) is 0 Å². The van der Waals surface area contributed by atoms with E-state index in [4.69, 9.17) is 21.8 Å². The number of rotatable bonds is 1. The van der Waals surface area contributed by atoms with Gasteiger partial charge in [-0.05, 0) is 12.1 Å². The van der Waals surface area contributed by atoms with Gasteiger partial charge in [0, 0.05) is 5.56 Å². The largest absolute Gasteiger partial charge is 0.504 e. The third-order valence-corrected chi connectivity index (χ3v) is 1.65. The molecule has 2 N–H and O–H groups in total. The van der Waals surface area contributed by atoms with E-state index in [0.29, 0.717) is 6.29 Å². The summed E-state index contributed by atoms with van der Waals surface area (Å²) in [5.74, 6) is -0.795. The molecule has 0 atom stereocenters. The summed E-state index contributed by atoms with van der Waals surface area (Å²) in [5, 5.41) is 17.7. The van der Waals surface area contributed by atoms with Crippen molar-refractivity contribution in [2.45, 2.75) is 0 Å². The third kappa shape index (κ3) is 1.81. The van der Waals surface area contributed by atoms with Crippen molar-refractivity contribution in [1.29, 1.82) is 0 Å². The minimum atomic E-state index is -0.462. The quantitative estimate of drug-likeness (QED) is 0.549. The van der Waals surface area contributed by atoms with Crippen LogP contribution in [0.2, 0.25) is 5.02 Å². The number of aromatic hydroxyl groups is 2. The van der Waals surface area contributed by atoms with Crippen molar-refractivity contribution in [1.82, 2.24) is 0 Å². The Morgan fingerprint density at radius 3 is 2.42 bits per heavy atom. The van der Waals surface area contributed by atoms with Gasteiger partial charge in [-0.25, -0.2) is 0 Å². The Morgan fingerprint density at radius 1 is 1.33 bits per heavy atom. The molecule has 0 heterocycles. The van der Waals surface area contributed by atoms with E-state index < -0.39 is 5.75 Å². The van der Waals surface area contributed by atoms with Gasteiger partial charge < -0.3 is 10.2 Å². The second-order valence-corrected chi connectivity index (χ2v) is 2.33. The maximum atomic E-state index is 10.2. The van der Waals surface area contributed by atoms with Crippen molar-refractivity contribution in [3.8, 4) is 11.5 Å². The Kier molecular flexibility index (Phi) is 3.86. The van der Waals surface area contributed by atoms with Gasteiger partial charge in [-0.15, -0.1) is 12.4 Å². The molecule has 0 saturated heterocycles. The van der Waals surface area contributed by atoms with Gasteiger partial charge in [0.25, 0.3) is 0 Å². The van der Waals surface area contributed by atoms with Crippen LogP contribution >= 0.6 is 24.0 Å². The van der Waals surface area contributed by atoms with E-state index in [1.54, 1.807) is 0 Å². The topological polar surface area (TPSA) is 57.5 Å². The lowest BCUT2D eigenvalue weighted by Gasteiger charge is -2.00. The molecule has 0 spiro atoms. The summed E-state index contributed by atoms with van der Waals surface area (Å²) in [5.41, 5.74) is 0.155. The minimum absolute atomic E-state index is 0. The number of halogens is 2. The molecule has 0 radical (unpaired) electrons. The van der Waals surface area contributed by atoms with Gasteiger partial charge in [0.15, 0.2) is 17.8 Å². The van der Waals surface area contributed by atoms with Crippen LogP contribution in [-0.4, -0.2) is 16.5 Å². The number of hydrogen-bond acceptors (Lipinski definition) is 3. The zero-order chi connectivity index (χ0) is 8.43. The van der Waals surface area contributed by atoms with Crippen LogP contribution in [0.4, 0.5) is 0 Å². The Hall–Kier alpha value is -0.930. The van der Waals surface area contributed by atoms with Crippen molar-refractivity contribution >= 4 is 30.3 Å². The van der Waals surface area contributed by atoms with E-state index in [1.165, 1.54) is 12.1 Å². The number of phenols is 2. The normalized spacial score (nSPS) is 8.75. The number of carbonyl (C=O) groups excluding carboxylic acids is 1. The molecule has 1 aromatic rings. The van der Waals surface area contributed by atoms with Gasteiger partial charge in [0.05, 0.1) is 5.02 Å². The molecule has 0 fully saturated rings. The molecule has 0 unspecified atom stereocenters. The highest BCUT2D eigenvalue weighted by Gasteiger charge is 2.08. The third-order valence-electron chi connectivity index (χ3n) is 1.25. The molecule has 66 valence electrons. The highest BCUT2D eigenvalue weighted by atomic mass is 35.5. The van der Waals surface area contributed by atoms with Crippen LogP contribution in [0.5, 0.6) is 11.5 Å². The van der Waals surface area contributed by atoms with Crippen LogP contribution < -0.4 is 0 Å². The van der Waals surface area contributed by atoms with Crippen molar-refractivity contribution < 1.29 is 15.0 Å². The summed E-state index contributed by atoms with van der Waals surface area (Å²) in [6.45, 7) is 0. The average Bonchev–Trinajstić information content (AvgIpc) is 2.01. The molecule has 0 aliphatic heterocycles.